The van der Waals surface area contributed by atoms with Gasteiger partial charge in [-0.25, -0.2) is 0 Å². The molecule has 90 valence electrons. The molecule has 0 heterocycles. The number of carbonyl (C=O) groups is 1. The summed E-state index contributed by atoms with van der Waals surface area (Å²) in [5, 5.41) is 2.74. The summed E-state index contributed by atoms with van der Waals surface area (Å²) in [5.41, 5.74) is 4.56. The highest BCUT2D eigenvalue weighted by atomic mass is 16.5. The van der Waals surface area contributed by atoms with Crippen molar-refractivity contribution in [3.8, 4) is 0 Å². The van der Waals surface area contributed by atoms with Crippen LogP contribution in [0.4, 0.5) is 0 Å². The predicted octanol–water partition coefficient (Wildman–Crippen LogP) is -1.26. The largest absolute Gasteiger partial charge is 0.382 e. The lowest BCUT2D eigenvalue weighted by Crippen LogP contribution is -2.59. The topological polar surface area (TPSA) is 82.8 Å². The summed E-state index contributed by atoms with van der Waals surface area (Å²) in [5.74, 6) is -0.263. The molecule has 0 saturated heterocycles. The molecule has 0 radical (unpaired) electrons. The van der Waals surface area contributed by atoms with E-state index in [1.54, 1.807) is 21.3 Å². The Bertz CT molecular complexity index is 170. The third kappa shape index (κ3) is 5.08. The summed E-state index contributed by atoms with van der Waals surface area (Å²) in [6, 6.07) is 0. The molecule has 3 N–H and O–H groups in total. The second-order valence-electron chi connectivity index (χ2n) is 3.33. The zero-order chi connectivity index (χ0) is 11.7. The molecule has 0 atom stereocenters. The fourth-order valence-corrected chi connectivity index (χ4v) is 1.41. The van der Waals surface area contributed by atoms with Gasteiger partial charge in [0, 0.05) is 21.3 Å². The molecule has 6 heteroatoms. The van der Waals surface area contributed by atoms with E-state index in [9.17, 15) is 4.79 Å². The Kier molecular flexibility index (Phi) is 7.23. The molecule has 0 aromatic rings. The quantitative estimate of drug-likeness (QED) is 0.533. The number of rotatable bonds is 8. The lowest BCUT2D eigenvalue weighted by atomic mass is 10.0. The molecule has 0 bridgehead atoms. The van der Waals surface area contributed by atoms with Gasteiger partial charge in [-0.05, 0) is 0 Å². The molecule has 6 nitrogen and oxygen atoms in total. The van der Waals surface area contributed by atoms with Gasteiger partial charge in [-0.1, -0.05) is 0 Å². The van der Waals surface area contributed by atoms with E-state index < -0.39 is 5.54 Å². The number of amides is 1. The average molecular weight is 220 g/mol. The van der Waals surface area contributed by atoms with Crippen LogP contribution in [0.25, 0.3) is 0 Å². The number of carbonyl (C=O) groups excluding carboxylic acids is 1. The zero-order valence-electron chi connectivity index (χ0n) is 9.54. The molecule has 0 unspecified atom stereocenters. The minimum atomic E-state index is -0.672. The lowest BCUT2D eigenvalue weighted by molar-refractivity contribution is -0.124. The highest BCUT2D eigenvalue weighted by Crippen LogP contribution is 2.07. The molecule has 0 fully saturated rings. The van der Waals surface area contributed by atoms with E-state index in [4.69, 9.17) is 19.9 Å². The number of ether oxygens (including phenoxy) is 3. The Labute approximate surface area is 90.1 Å². The van der Waals surface area contributed by atoms with Crippen molar-refractivity contribution in [3.63, 3.8) is 0 Å². The molecule has 1 amide bonds. The minimum Gasteiger partial charge on any atom is -0.382 e. The molecule has 0 rings (SSSR count). The summed E-state index contributed by atoms with van der Waals surface area (Å²) >= 11 is 0. The van der Waals surface area contributed by atoms with Gasteiger partial charge >= 0.3 is 0 Å². The van der Waals surface area contributed by atoms with Crippen LogP contribution >= 0.6 is 0 Å². The van der Waals surface area contributed by atoms with Crippen molar-refractivity contribution in [2.75, 3.05) is 47.7 Å². The SMILES string of the molecule is COCC(COC)(COC)NC(=O)CN. The Morgan fingerprint density at radius 1 is 1.13 bits per heavy atom. The van der Waals surface area contributed by atoms with E-state index in [1.807, 2.05) is 0 Å². The Balaban J connectivity index is 4.51. The number of nitrogens with two attached hydrogens (primary N) is 1. The minimum absolute atomic E-state index is 0.0705. The molecule has 15 heavy (non-hydrogen) atoms. The molecule has 0 aromatic carbocycles. The maximum absolute atomic E-state index is 11.2. The van der Waals surface area contributed by atoms with Crippen molar-refractivity contribution >= 4 is 5.91 Å². The van der Waals surface area contributed by atoms with Crippen molar-refractivity contribution in [2.24, 2.45) is 5.73 Å². The summed E-state index contributed by atoms with van der Waals surface area (Å²) in [6.07, 6.45) is 0. The predicted molar refractivity (Wildman–Crippen MR) is 55.6 cm³/mol. The smallest absolute Gasteiger partial charge is 0.234 e. The van der Waals surface area contributed by atoms with Crippen LogP contribution in [-0.4, -0.2) is 59.1 Å². The molecule has 0 spiro atoms. The average Bonchev–Trinajstić information content (AvgIpc) is 2.18. The maximum Gasteiger partial charge on any atom is 0.234 e. The van der Waals surface area contributed by atoms with Crippen molar-refractivity contribution in [1.29, 1.82) is 0 Å². The van der Waals surface area contributed by atoms with Crippen LogP contribution in [-0.2, 0) is 19.0 Å². The van der Waals surface area contributed by atoms with Crippen molar-refractivity contribution in [3.05, 3.63) is 0 Å². The summed E-state index contributed by atoms with van der Waals surface area (Å²) in [7, 11) is 4.65. The summed E-state index contributed by atoms with van der Waals surface area (Å²) in [6.45, 7) is 0.847. The fourth-order valence-electron chi connectivity index (χ4n) is 1.41. The van der Waals surface area contributed by atoms with Crippen molar-refractivity contribution in [2.45, 2.75) is 5.54 Å². The van der Waals surface area contributed by atoms with E-state index in [0.717, 1.165) is 0 Å². The van der Waals surface area contributed by atoms with Crippen LogP contribution < -0.4 is 11.1 Å². The standard InChI is InChI=1S/C9H20N2O4/c1-13-5-9(6-14-2,7-15-3)11-8(12)4-10/h4-7,10H2,1-3H3,(H,11,12). The Hall–Kier alpha value is -0.690. The second kappa shape index (κ2) is 7.58. The second-order valence-corrected chi connectivity index (χ2v) is 3.33. The molecule has 0 aliphatic heterocycles. The third-order valence-electron chi connectivity index (χ3n) is 1.85. The van der Waals surface area contributed by atoms with Gasteiger partial charge in [0.1, 0.15) is 5.54 Å². The van der Waals surface area contributed by atoms with Crippen LogP contribution in [0.2, 0.25) is 0 Å². The molecular formula is C9H20N2O4. The van der Waals surface area contributed by atoms with Crippen LogP contribution in [0.5, 0.6) is 0 Å². The van der Waals surface area contributed by atoms with E-state index in [2.05, 4.69) is 5.32 Å². The van der Waals surface area contributed by atoms with Crippen LogP contribution in [0, 0.1) is 0 Å². The Morgan fingerprint density at radius 3 is 1.80 bits per heavy atom. The highest BCUT2D eigenvalue weighted by molar-refractivity contribution is 5.78. The summed E-state index contributed by atoms with van der Waals surface area (Å²) < 4.78 is 15.1. The molecule has 0 aliphatic carbocycles. The number of hydrogen-bond donors (Lipinski definition) is 2. The third-order valence-corrected chi connectivity index (χ3v) is 1.85. The first-order chi connectivity index (χ1) is 7.14. The summed E-state index contributed by atoms with van der Waals surface area (Å²) in [4.78, 5) is 11.2. The Morgan fingerprint density at radius 2 is 1.53 bits per heavy atom. The van der Waals surface area contributed by atoms with Gasteiger partial charge in [-0.15, -0.1) is 0 Å². The van der Waals surface area contributed by atoms with Crippen LogP contribution in [0.3, 0.4) is 0 Å². The fraction of sp³-hybridized carbons (Fsp3) is 0.889. The normalized spacial score (nSPS) is 11.5. The van der Waals surface area contributed by atoms with Crippen LogP contribution in [0.1, 0.15) is 0 Å². The first kappa shape index (κ1) is 14.3. The zero-order valence-corrected chi connectivity index (χ0v) is 9.54. The van der Waals surface area contributed by atoms with Gasteiger partial charge in [-0.2, -0.15) is 0 Å². The molecular weight excluding hydrogens is 200 g/mol. The van der Waals surface area contributed by atoms with Gasteiger partial charge in [0.2, 0.25) is 5.91 Å². The highest BCUT2D eigenvalue weighted by Gasteiger charge is 2.32. The monoisotopic (exact) mass is 220 g/mol. The van der Waals surface area contributed by atoms with Gasteiger partial charge in [0.15, 0.2) is 0 Å². The van der Waals surface area contributed by atoms with E-state index in [0.29, 0.717) is 19.8 Å². The molecule has 0 saturated carbocycles. The van der Waals surface area contributed by atoms with E-state index >= 15 is 0 Å². The van der Waals surface area contributed by atoms with Gasteiger partial charge in [0.05, 0.1) is 26.4 Å². The lowest BCUT2D eigenvalue weighted by Gasteiger charge is -2.32. The first-order valence-corrected chi connectivity index (χ1v) is 4.62. The molecule has 0 aliphatic rings. The molecule has 0 aromatic heterocycles. The van der Waals surface area contributed by atoms with Crippen LogP contribution in [0.15, 0.2) is 0 Å². The number of hydrogen-bond acceptors (Lipinski definition) is 5. The van der Waals surface area contributed by atoms with Gasteiger partial charge in [0.25, 0.3) is 0 Å². The van der Waals surface area contributed by atoms with Crippen molar-refractivity contribution < 1.29 is 19.0 Å². The van der Waals surface area contributed by atoms with E-state index in [1.165, 1.54) is 0 Å². The van der Waals surface area contributed by atoms with Crippen molar-refractivity contribution in [1.82, 2.24) is 5.32 Å². The first-order valence-electron chi connectivity index (χ1n) is 4.62. The van der Waals surface area contributed by atoms with Gasteiger partial charge < -0.3 is 25.3 Å². The van der Waals surface area contributed by atoms with E-state index in [-0.39, 0.29) is 12.5 Å². The number of methoxy groups -OCH3 is 3. The van der Waals surface area contributed by atoms with Gasteiger partial charge in [-0.3, -0.25) is 4.79 Å². The maximum atomic E-state index is 11.2. The number of nitrogens with one attached hydrogen (secondary N) is 1.